The highest BCUT2D eigenvalue weighted by Crippen LogP contribution is 2.26. The highest BCUT2D eigenvalue weighted by atomic mass is 35.5. The van der Waals surface area contributed by atoms with Crippen molar-refractivity contribution < 1.29 is 4.79 Å². The summed E-state index contributed by atoms with van der Waals surface area (Å²) in [4.78, 5) is 29.3. The van der Waals surface area contributed by atoms with Gasteiger partial charge in [-0.05, 0) is 47.4 Å². The van der Waals surface area contributed by atoms with E-state index in [4.69, 9.17) is 11.6 Å². The molecule has 4 rings (SSSR count). The minimum atomic E-state index is -0.282. The number of thiophene rings is 1. The number of anilines is 1. The number of pyridine rings is 1. The van der Waals surface area contributed by atoms with E-state index in [-0.39, 0.29) is 16.9 Å². The van der Waals surface area contributed by atoms with Crippen LogP contribution in [-0.2, 0) is 12.0 Å². The Bertz CT molecular complexity index is 1310. The Kier molecular flexibility index (Phi) is 6.04. The number of hydrogen-bond acceptors (Lipinski definition) is 5. The summed E-state index contributed by atoms with van der Waals surface area (Å²) < 4.78 is 2.00. The van der Waals surface area contributed by atoms with E-state index in [0.29, 0.717) is 33.5 Å². The monoisotopic (exact) mass is 466 g/mol. The zero-order valence-corrected chi connectivity index (χ0v) is 19.6. The third-order valence-corrected chi connectivity index (χ3v) is 6.30. The lowest BCUT2D eigenvalue weighted by Crippen LogP contribution is -2.18. The number of benzene rings is 1. The molecule has 8 heteroatoms. The van der Waals surface area contributed by atoms with E-state index >= 15 is 0 Å². The molecule has 0 amide bonds. The quantitative estimate of drug-likeness (QED) is 0.404. The van der Waals surface area contributed by atoms with Crippen LogP contribution in [0.2, 0.25) is 4.34 Å². The molecule has 0 atom stereocenters. The number of carbonyl (C=O) groups excluding carboxylic acids is 1. The SMILES string of the molecule is CC(C)(C)c1ccc(C(=O)n2nc(-c3ccc[nH]c3=O)cc2NCc2ccc(Cl)s2)cc1. The van der Waals surface area contributed by atoms with Gasteiger partial charge in [0.1, 0.15) is 11.5 Å². The van der Waals surface area contributed by atoms with Crippen molar-refractivity contribution in [3.8, 4) is 11.3 Å². The molecule has 32 heavy (non-hydrogen) atoms. The molecule has 0 unspecified atom stereocenters. The zero-order valence-electron chi connectivity index (χ0n) is 18.0. The summed E-state index contributed by atoms with van der Waals surface area (Å²) in [5.74, 6) is 0.216. The second-order valence-corrected chi connectivity index (χ2v) is 10.2. The first-order chi connectivity index (χ1) is 15.2. The summed E-state index contributed by atoms with van der Waals surface area (Å²) in [7, 11) is 0. The van der Waals surface area contributed by atoms with Crippen LogP contribution in [0.4, 0.5) is 5.82 Å². The first kappa shape index (κ1) is 22.0. The molecular weight excluding hydrogens is 444 g/mol. The lowest BCUT2D eigenvalue weighted by molar-refractivity contribution is 0.0948. The second-order valence-electron chi connectivity index (χ2n) is 8.43. The van der Waals surface area contributed by atoms with Gasteiger partial charge in [-0.15, -0.1) is 11.3 Å². The van der Waals surface area contributed by atoms with Crippen LogP contribution in [0.3, 0.4) is 0 Å². The Morgan fingerprint density at radius 3 is 2.53 bits per heavy atom. The Hall–Kier alpha value is -3.16. The van der Waals surface area contributed by atoms with Crippen molar-refractivity contribution in [2.24, 2.45) is 0 Å². The summed E-state index contributed by atoms with van der Waals surface area (Å²) in [5.41, 5.74) is 2.18. The van der Waals surface area contributed by atoms with Gasteiger partial charge in [0, 0.05) is 22.7 Å². The lowest BCUT2D eigenvalue weighted by atomic mass is 9.87. The van der Waals surface area contributed by atoms with E-state index < -0.39 is 0 Å². The molecule has 3 heterocycles. The van der Waals surface area contributed by atoms with Crippen LogP contribution < -0.4 is 10.9 Å². The molecule has 0 aliphatic heterocycles. The number of carbonyl (C=O) groups is 1. The molecule has 0 spiro atoms. The largest absolute Gasteiger partial charge is 0.365 e. The van der Waals surface area contributed by atoms with Gasteiger partial charge in [-0.3, -0.25) is 9.59 Å². The molecule has 1 aromatic carbocycles. The molecule has 0 saturated heterocycles. The predicted molar refractivity (Wildman–Crippen MR) is 130 cm³/mol. The molecule has 0 saturated carbocycles. The molecule has 2 N–H and O–H groups in total. The lowest BCUT2D eigenvalue weighted by Gasteiger charge is -2.19. The van der Waals surface area contributed by atoms with Crippen molar-refractivity contribution in [1.82, 2.24) is 14.8 Å². The summed E-state index contributed by atoms with van der Waals surface area (Å²) in [6.45, 7) is 6.85. The molecule has 3 aromatic heterocycles. The summed E-state index contributed by atoms with van der Waals surface area (Å²) in [6.07, 6.45) is 1.56. The molecule has 0 aliphatic rings. The Balaban J connectivity index is 1.70. The fourth-order valence-corrected chi connectivity index (χ4v) is 4.30. The van der Waals surface area contributed by atoms with Crippen molar-refractivity contribution in [3.05, 3.63) is 91.5 Å². The van der Waals surface area contributed by atoms with Gasteiger partial charge in [-0.2, -0.15) is 9.78 Å². The Labute approximate surface area is 194 Å². The highest BCUT2D eigenvalue weighted by molar-refractivity contribution is 7.16. The van der Waals surface area contributed by atoms with Gasteiger partial charge in [0.05, 0.1) is 16.4 Å². The number of H-pyrrole nitrogens is 1. The maximum absolute atomic E-state index is 13.3. The zero-order chi connectivity index (χ0) is 22.9. The van der Waals surface area contributed by atoms with E-state index in [1.807, 2.05) is 36.4 Å². The molecule has 0 aliphatic carbocycles. The van der Waals surface area contributed by atoms with Crippen molar-refractivity contribution in [3.63, 3.8) is 0 Å². The predicted octanol–water partition coefficient (Wildman–Crippen LogP) is 5.55. The summed E-state index contributed by atoms with van der Waals surface area (Å²) in [5, 5.41) is 7.73. The average Bonchev–Trinajstić information content (AvgIpc) is 3.37. The van der Waals surface area contributed by atoms with Gasteiger partial charge in [0.25, 0.3) is 11.5 Å². The maximum atomic E-state index is 13.3. The van der Waals surface area contributed by atoms with Gasteiger partial charge >= 0.3 is 0 Å². The fraction of sp³-hybridized carbons (Fsp3) is 0.208. The molecule has 0 fully saturated rings. The topological polar surface area (TPSA) is 79.8 Å². The number of hydrogen-bond donors (Lipinski definition) is 2. The van der Waals surface area contributed by atoms with Crippen LogP contribution >= 0.6 is 22.9 Å². The van der Waals surface area contributed by atoms with Crippen LogP contribution in [0, 0.1) is 0 Å². The molecule has 6 nitrogen and oxygen atoms in total. The summed E-state index contributed by atoms with van der Waals surface area (Å²) >= 11 is 7.49. The van der Waals surface area contributed by atoms with E-state index in [2.05, 4.69) is 36.2 Å². The van der Waals surface area contributed by atoms with Crippen LogP contribution in [-0.4, -0.2) is 20.7 Å². The van der Waals surface area contributed by atoms with E-state index in [1.165, 1.54) is 16.0 Å². The minimum Gasteiger partial charge on any atom is -0.365 e. The number of nitrogens with zero attached hydrogens (tertiary/aromatic N) is 2. The van der Waals surface area contributed by atoms with E-state index in [9.17, 15) is 9.59 Å². The van der Waals surface area contributed by atoms with Crippen molar-refractivity contribution in [2.45, 2.75) is 32.7 Å². The Morgan fingerprint density at radius 1 is 1.16 bits per heavy atom. The first-order valence-electron chi connectivity index (χ1n) is 10.1. The maximum Gasteiger partial charge on any atom is 0.280 e. The molecule has 0 radical (unpaired) electrons. The minimum absolute atomic E-state index is 0.0104. The molecule has 164 valence electrons. The van der Waals surface area contributed by atoms with Gasteiger partial charge in [0.2, 0.25) is 0 Å². The number of aromatic amines is 1. The van der Waals surface area contributed by atoms with Gasteiger partial charge in [0.15, 0.2) is 0 Å². The van der Waals surface area contributed by atoms with Crippen molar-refractivity contribution in [1.29, 1.82) is 0 Å². The smallest absolute Gasteiger partial charge is 0.280 e. The van der Waals surface area contributed by atoms with Crippen LogP contribution in [0.5, 0.6) is 0 Å². The van der Waals surface area contributed by atoms with Gasteiger partial charge in [-0.1, -0.05) is 44.5 Å². The van der Waals surface area contributed by atoms with E-state index in [1.54, 1.807) is 24.4 Å². The highest BCUT2D eigenvalue weighted by Gasteiger charge is 2.20. The van der Waals surface area contributed by atoms with Crippen LogP contribution in [0.1, 0.15) is 41.6 Å². The second kappa shape index (κ2) is 8.76. The molecular formula is C24H23ClN4O2S. The summed E-state index contributed by atoms with van der Waals surface area (Å²) in [6, 6.07) is 16.4. The fourth-order valence-electron chi connectivity index (χ4n) is 3.28. The molecule has 4 aromatic rings. The number of nitrogens with one attached hydrogen (secondary N) is 2. The first-order valence-corrected chi connectivity index (χ1v) is 11.3. The number of halogens is 1. The Morgan fingerprint density at radius 2 is 1.91 bits per heavy atom. The van der Waals surface area contributed by atoms with Gasteiger partial charge in [-0.25, -0.2) is 0 Å². The average molecular weight is 467 g/mol. The standard InChI is InChI=1S/C24H23ClN4O2S/c1-24(2,3)16-8-6-15(7-9-16)23(31)29-21(27-14-17-10-11-20(25)32-17)13-19(28-29)18-5-4-12-26-22(18)30/h4-13,27H,14H2,1-3H3,(H,26,30). The molecule has 0 bridgehead atoms. The number of aromatic nitrogens is 3. The third kappa shape index (κ3) is 4.69. The normalized spacial score (nSPS) is 11.5. The van der Waals surface area contributed by atoms with Crippen LogP contribution in [0.15, 0.2) is 65.6 Å². The van der Waals surface area contributed by atoms with Gasteiger partial charge < -0.3 is 10.3 Å². The van der Waals surface area contributed by atoms with Crippen molar-refractivity contribution in [2.75, 3.05) is 5.32 Å². The third-order valence-electron chi connectivity index (χ3n) is 5.07. The van der Waals surface area contributed by atoms with Crippen molar-refractivity contribution >= 4 is 34.7 Å². The van der Waals surface area contributed by atoms with E-state index in [0.717, 1.165) is 10.4 Å². The number of rotatable bonds is 5. The van der Waals surface area contributed by atoms with Crippen LogP contribution in [0.25, 0.3) is 11.3 Å².